The van der Waals surface area contributed by atoms with E-state index < -0.39 is 21.3 Å². The number of carbonyl (C=O) groups is 1. The van der Waals surface area contributed by atoms with Crippen LogP contribution in [0.15, 0.2) is 53.4 Å². The van der Waals surface area contributed by atoms with Gasteiger partial charge in [0.25, 0.3) is 10.0 Å². The molecule has 180 valence electrons. The first-order valence-corrected chi connectivity index (χ1v) is 12.9. The molecule has 1 aromatic heterocycles. The Bertz CT molecular complexity index is 1330. The van der Waals surface area contributed by atoms with Crippen LogP contribution in [-0.4, -0.2) is 39.1 Å². The lowest BCUT2D eigenvalue weighted by atomic mass is 9.92. The van der Waals surface area contributed by atoms with Crippen LogP contribution in [0.25, 0.3) is 10.9 Å². The number of carbonyl (C=O) groups excluding carboxylic acids is 1. The zero-order valence-electron chi connectivity index (χ0n) is 19.9. The summed E-state index contributed by atoms with van der Waals surface area (Å²) in [4.78, 5) is 17.9. The molecule has 0 saturated heterocycles. The van der Waals surface area contributed by atoms with Gasteiger partial charge in [0, 0.05) is 23.8 Å². The number of benzene rings is 2. The minimum absolute atomic E-state index is 0.0362. The topological polar surface area (TPSA) is 94.6 Å². The number of nitrogens with zero attached hydrogens (tertiary/aromatic N) is 1. The summed E-state index contributed by atoms with van der Waals surface area (Å²) in [6, 6.07) is 14.1. The number of aromatic nitrogens is 1. The van der Waals surface area contributed by atoms with E-state index in [4.69, 9.17) is 9.47 Å². The number of pyridine rings is 1. The average molecular weight is 483 g/mol. The molecular weight excluding hydrogens is 452 g/mol. The van der Waals surface area contributed by atoms with Crippen LogP contribution >= 0.6 is 0 Å². The van der Waals surface area contributed by atoms with E-state index in [0.717, 1.165) is 23.2 Å². The van der Waals surface area contributed by atoms with Crippen LogP contribution in [0.3, 0.4) is 0 Å². The van der Waals surface area contributed by atoms with Gasteiger partial charge in [0.15, 0.2) is 0 Å². The largest absolute Gasteiger partial charge is 0.488 e. The summed E-state index contributed by atoms with van der Waals surface area (Å²) in [6.45, 7) is 6.17. The van der Waals surface area contributed by atoms with E-state index in [9.17, 15) is 13.2 Å². The molecule has 3 aromatic rings. The van der Waals surface area contributed by atoms with Crippen molar-refractivity contribution in [3.8, 4) is 5.75 Å². The van der Waals surface area contributed by atoms with Gasteiger partial charge in [-0.2, -0.15) is 0 Å². The lowest BCUT2D eigenvalue weighted by molar-refractivity contribution is -0.121. The molecule has 0 bridgehead atoms. The van der Waals surface area contributed by atoms with Gasteiger partial charge in [-0.05, 0) is 69.0 Å². The van der Waals surface area contributed by atoms with E-state index in [1.807, 2.05) is 39.0 Å². The van der Waals surface area contributed by atoms with Gasteiger partial charge in [0.1, 0.15) is 11.9 Å². The Balaban J connectivity index is 1.68. The molecule has 1 aliphatic rings. The van der Waals surface area contributed by atoms with Crippen molar-refractivity contribution in [2.24, 2.45) is 0 Å². The lowest BCUT2D eigenvalue weighted by Crippen LogP contribution is -2.39. The van der Waals surface area contributed by atoms with Gasteiger partial charge in [-0.25, -0.2) is 13.1 Å². The number of rotatable bonds is 9. The smallest absolute Gasteiger partial charge is 0.264 e. The van der Waals surface area contributed by atoms with Crippen LogP contribution in [0.5, 0.6) is 5.75 Å². The van der Waals surface area contributed by atoms with Crippen molar-refractivity contribution in [1.29, 1.82) is 0 Å². The van der Waals surface area contributed by atoms with Crippen LogP contribution in [0.1, 0.15) is 43.5 Å². The molecule has 1 aliphatic carbocycles. The normalized spacial score (nSPS) is 15.6. The molecule has 34 heavy (non-hydrogen) atoms. The summed E-state index contributed by atoms with van der Waals surface area (Å²) in [7, 11) is -2.51. The van der Waals surface area contributed by atoms with Crippen LogP contribution in [0.2, 0.25) is 0 Å². The van der Waals surface area contributed by atoms with Crippen molar-refractivity contribution < 1.29 is 22.7 Å². The SMILES string of the molecule is CCc1ccc(O[C@H](C)COC)c(C2(C(=O)NS(=O)(=O)c3cccc4nc(C)ccc34)CC2)c1. The van der Waals surface area contributed by atoms with Gasteiger partial charge in [0.2, 0.25) is 5.91 Å². The molecule has 1 fully saturated rings. The monoisotopic (exact) mass is 482 g/mol. The van der Waals surface area contributed by atoms with Crippen LogP contribution in [0.4, 0.5) is 0 Å². The summed E-state index contributed by atoms with van der Waals surface area (Å²) >= 11 is 0. The Morgan fingerprint density at radius 3 is 2.62 bits per heavy atom. The molecule has 1 atom stereocenters. The minimum Gasteiger partial charge on any atom is -0.488 e. The first-order chi connectivity index (χ1) is 16.2. The van der Waals surface area contributed by atoms with Crippen LogP contribution in [0, 0.1) is 6.92 Å². The predicted molar refractivity (Wildman–Crippen MR) is 131 cm³/mol. The summed E-state index contributed by atoms with van der Waals surface area (Å²) in [5.41, 5.74) is 2.18. The third-order valence-electron chi connectivity index (χ3n) is 6.23. The first kappa shape index (κ1) is 24.2. The zero-order valence-corrected chi connectivity index (χ0v) is 20.7. The lowest BCUT2D eigenvalue weighted by Gasteiger charge is -2.23. The Labute approximate surface area is 200 Å². The van der Waals surface area contributed by atoms with Gasteiger partial charge in [0.05, 0.1) is 22.4 Å². The maximum Gasteiger partial charge on any atom is 0.264 e. The predicted octanol–water partition coefficient (Wildman–Crippen LogP) is 4.06. The number of sulfonamides is 1. The fourth-order valence-corrected chi connectivity index (χ4v) is 5.51. The third-order valence-corrected chi connectivity index (χ3v) is 7.62. The average Bonchev–Trinajstić information content (AvgIpc) is 3.60. The van der Waals surface area contributed by atoms with Crippen molar-refractivity contribution in [3.63, 3.8) is 0 Å². The Morgan fingerprint density at radius 2 is 1.94 bits per heavy atom. The molecule has 0 radical (unpaired) electrons. The number of hydrogen-bond acceptors (Lipinski definition) is 6. The number of hydrogen-bond donors (Lipinski definition) is 1. The minimum atomic E-state index is -4.11. The van der Waals surface area contributed by atoms with E-state index in [-0.39, 0.29) is 11.0 Å². The second kappa shape index (κ2) is 9.35. The van der Waals surface area contributed by atoms with Gasteiger partial charge >= 0.3 is 0 Å². The van der Waals surface area contributed by atoms with Crippen LogP contribution in [-0.2, 0) is 31.4 Å². The summed E-state index contributed by atoms with van der Waals surface area (Å²) < 4.78 is 40.2. The fourth-order valence-electron chi connectivity index (χ4n) is 4.24. The van der Waals surface area contributed by atoms with E-state index in [0.29, 0.717) is 36.1 Å². The van der Waals surface area contributed by atoms with Gasteiger partial charge in [-0.3, -0.25) is 9.78 Å². The molecule has 1 heterocycles. The zero-order chi connectivity index (χ0) is 24.5. The number of ether oxygens (including phenoxy) is 2. The number of aryl methyl sites for hydroxylation is 2. The molecule has 8 heteroatoms. The maximum absolute atomic E-state index is 13.5. The first-order valence-electron chi connectivity index (χ1n) is 11.4. The summed E-state index contributed by atoms with van der Waals surface area (Å²) in [5, 5.41) is 0.476. The van der Waals surface area contributed by atoms with E-state index in [1.165, 1.54) is 6.07 Å². The second-order valence-corrected chi connectivity index (χ2v) is 10.5. The third kappa shape index (κ3) is 4.65. The highest BCUT2D eigenvalue weighted by molar-refractivity contribution is 7.90. The number of methoxy groups -OCH3 is 1. The summed E-state index contributed by atoms with van der Waals surface area (Å²) in [5.74, 6) is 0.0405. The Morgan fingerprint density at radius 1 is 1.18 bits per heavy atom. The Kier molecular flexibility index (Phi) is 6.64. The second-order valence-electron chi connectivity index (χ2n) is 8.86. The molecule has 1 amide bonds. The van der Waals surface area contributed by atoms with Crippen molar-refractivity contribution in [1.82, 2.24) is 9.71 Å². The highest BCUT2D eigenvalue weighted by Crippen LogP contribution is 2.52. The molecule has 0 aliphatic heterocycles. The number of amides is 1. The molecule has 7 nitrogen and oxygen atoms in total. The van der Waals surface area contributed by atoms with E-state index in [2.05, 4.69) is 9.71 Å². The van der Waals surface area contributed by atoms with Gasteiger partial charge < -0.3 is 9.47 Å². The maximum atomic E-state index is 13.5. The molecule has 2 aromatic carbocycles. The molecule has 0 spiro atoms. The molecule has 0 unspecified atom stereocenters. The molecular formula is C26H30N2O5S. The molecule has 4 rings (SSSR count). The van der Waals surface area contributed by atoms with Crippen molar-refractivity contribution >= 4 is 26.8 Å². The fraction of sp³-hybridized carbons (Fsp3) is 0.385. The highest BCUT2D eigenvalue weighted by atomic mass is 32.2. The Hall–Kier alpha value is -2.97. The van der Waals surface area contributed by atoms with E-state index in [1.54, 1.807) is 31.4 Å². The summed E-state index contributed by atoms with van der Waals surface area (Å²) in [6.07, 6.45) is 1.67. The van der Waals surface area contributed by atoms with Crippen molar-refractivity contribution in [3.05, 3.63) is 65.4 Å². The van der Waals surface area contributed by atoms with Crippen molar-refractivity contribution in [2.45, 2.75) is 56.4 Å². The van der Waals surface area contributed by atoms with E-state index >= 15 is 0 Å². The highest BCUT2D eigenvalue weighted by Gasteiger charge is 2.54. The van der Waals surface area contributed by atoms with Gasteiger partial charge in [-0.1, -0.05) is 25.1 Å². The number of fused-ring (bicyclic) bond motifs is 1. The number of nitrogens with one attached hydrogen (secondary N) is 1. The van der Waals surface area contributed by atoms with Gasteiger partial charge in [-0.15, -0.1) is 0 Å². The molecule has 1 saturated carbocycles. The molecule has 1 N–H and O–H groups in total. The quantitative estimate of drug-likeness (QED) is 0.494. The van der Waals surface area contributed by atoms with Crippen LogP contribution < -0.4 is 9.46 Å². The van der Waals surface area contributed by atoms with Crippen molar-refractivity contribution in [2.75, 3.05) is 13.7 Å². The standard InChI is InChI=1S/C26H30N2O5S/c1-5-19-10-12-23(33-18(3)16-32-4)21(15-19)26(13-14-26)25(29)28-34(30,31)24-8-6-7-22-20(24)11-9-17(2)27-22/h6-12,15,18H,5,13-14,16H2,1-4H3,(H,28,29)/t18-/m1/s1.